The predicted molar refractivity (Wildman–Crippen MR) is 69.0 cm³/mol. The molecule has 0 N–H and O–H groups in total. The van der Waals surface area contributed by atoms with Gasteiger partial charge < -0.3 is 18.9 Å². The third-order valence-electron chi connectivity index (χ3n) is 2.33. The maximum Gasteiger partial charge on any atom is 0.355 e. The maximum absolute atomic E-state index is 12.1. The highest BCUT2D eigenvalue weighted by atomic mass is 16.6. The fourth-order valence-corrected chi connectivity index (χ4v) is 1.46. The van der Waals surface area contributed by atoms with Crippen LogP contribution in [0.25, 0.3) is 0 Å². The number of carbonyl (C=O) groups excluding carboxylic acids is 4. The van der Waals surface area contributed by atoms with Gasteiger partial charge in [-0.05, 0) is 27.7 Å². The molecule has 0 saturated heterocycles. The molecule has 0 amide bonds. The molecule has 0 spiro atoms. The minimum atomic E-state index is -2.90. The average Bonchev–Trinajstić information content (AvgIpc) is 2.40. The molecule has 0 saturated carbocycles. The summed E-state index contributed by atoms with van der Waals surface area (Å²) < 4.78 is 18.7. The van der Waals surface area contributed by atoms with Crippen LogP contribution in [-0.4, -0.2) is 50.3 Å². The summed E-state index contributed by atoms with van der Waals surface area (Å²) >= 11 is 0. The standard InChI is InChI=1S/C13H20O8/c1-5-18-9(14)13(10(15)19-6-2,11(16)20-7-3)12(17)21-8-4/h5-8H2,1-4H3. The van der Waals surface area contributed by atoms with Crippen LogP contribution in [0.1, 0.15) is 27.7 Å². The Hall–Kier alpha value is -2.12. The van der Waals surface area contributed by atoms with Gasteiger partial charge in [0.1, 0.15) is 0 Å². The monoisotopic (exact) mass is 304 g/mol. The molecule has 21 heavy (non-hydrogen) atoms. The van der Waals surface area contributed by atoms with Crippen molar-refractivity contribution in [2.45, 2.75) is 27.7 Å². The number of rotatable bonds is 8. The lowest BCUT2D eigenvalue weighted by Gasteiger charge is -2.24. The molecule has 0 atom stereocenters. The number of ether oxygens (including phenoxy) is 4. The molecule has 120 valence electrons. The molecule has 8 heteroatoms. The first-order valence-electron chi connectivity index (χ1n) is 6.62. The van der Waals surface area contributed by atoms with Crippen LogP contribution in [0.2, 0.25) is 0 Å². The number of hydrogen-bond donors (Lipinski definition) is 0. The van der Waals surface area contributed by atoms with Gasteiger partial charge in [-0.15, -0.1) is 0 Å². The second-order valence-corrected chi connectivity index (χ2v) is 3.63. The SMILES string of the molecule is CCOC(=O)C(C(=O)OCC)(C(=O)OCC)C(=O)OCC. The first-order chi connectivity index (χ1) is 9.93. The van der Waals surface area contributed by atoms with Gasteiger partial charge in [-0.2, -0.15) is 0 Å². The Balaban J connectivity index is 5.93. The van der Waals surface area contributed by atoms with Gasteiger partial charge in [-0.25, -0.2) is 19.2 Å². The normalized spacial score (nSPS) is 10.5. The Morgan fingerprint density at radius 3 is 0.905 bits per heavy atom. The van der Waals surface area contributed by atoms with Crippen molar-refractivity contribution in [1.82, 2.24) is 0 Å². The summed E-state index contributed by atoms with van der Waals surface area (Å²) in [5.41, 5.74) is -2.90. The Kier molecular flexibility index (Phi) is 8.03. The number of carbonyl (C=O) groups is 4. The van der Waals surface area contributed by atoms with Crippen LogP contribution in [-0.2, 0) is 38.1 Å². The van der Waals surface area contributed by atoms with E-state index in [0.717, 1.165) is 0 Å². The third kappa shape index (κ3) is 3.93. The highest BCUT2D eigenvalue weighted by molar-refractivity contribution is 6.32. The maximum atomic E-state index is 12.1. The molecule has 0 radical (unpaired) electrons. The van der Waals surface area contributed by atoms with Crippen LogP contribution in [0.5, 0.6) is 0 Å². The molecule has 0 heterocycles. The topological polar surface area (TPSA) is 105 Å². The van der Waals surface area contributed by atoms with Crippen molar-refractivity contribution < 1.29 is 38.1 Å². The van der Waals surface area contributed by atoms with Gasteiger partial charge >= 0.3 is 29.3 Å². The van der Waals surface area contributed by atoms with Crippen molar-refractivity contribution >= 4 is 23.9 Å². The second-order valence-electron chi connectivity index (χ2n) is 3.63. The van der Waals surface area contributed by atoms with E-state index in [1.165, 1.54) is 27.7 Å². The highest BCUT2D eigenvalue weighted by Gasteiger charge is 2.65. The van der Waals surface area contributed by atoms with Crippen LogP contribution < -0.4 is 0 Å². The molecule has 0 fully saturated rings. The molecule has 0 bridgehead atoms. The lowest BCUT2D eigenvalue weighted by Crippen LogP contribution is -2.55. The highest BCUT2D eigenvalue weighted by Crippen LogP contribution is 2.26. The number of esters is 4. The Morgan fingerprint density at radius 2 is 0.762 bits per heavy atom. The predicted octanol–water partition coefficient (Wildman–Crippen LogP) is 0.225. The Bertz CT molecular complexity index is 323. The number of hydrogen-bond acceptors (Lipinski definition) is 8. The Labute approximate surface area is 122 Å². The molecule has 0 aromatic carbocycles. The summed E-state index contributed by atoms with van der Waals surface area (Å²) in [5.74, 6) is -5.50. The molecule has 8 nitrogen and oxygen atoms in total. The summed E-state index contributed by atoms with van der Waals surface area (Å²) in [5, 5.41) is 0. The minimum Gasteiger partial charge on any atom is -0.464 e. The lowest BCUT2D eigenvalue weighted by atomic mass is 9.88. The van der Waals surface area contributed by atoms with E-state index in [4.69, 9.17) is 0 Å². The summed E-state index contributed by atoms with van der Waals surface area (Å²) in [6.07, 6.45) is 0. The molecule has 0 aliphatic rings. The summed E-state index contributed by atoms with van der Waals surface area (Å²) in [6, 6.07) is 0. The zero-order valence-corrected chi connectivity index (χ0v) is 12.6. The largest absolute Gasteiger partial charge is 0.464 e. The molecule has 0 unspecified atom stereocenters. The van der Waals surface area contributed by atoms with E-state index < -0.39 is 29.3 Å². The van der Waals surface area contributed by atoms with Crippen molar-refractivity contribution in [3.63, 3.8) is 0 Å². The fraction of sp³-hybridized carbons (Fsp3) is 0.692. The molecule has 0 rings (SSSR count). The van der Waals surface area contributed by atoms with Gasteiger partial charge in [-0.1, -0.05) is 0 Å². The zero-order chi connectivity index (χ0) is 16.5. The molecule has 0 aromatic rings. The Morgan fingerprint density at radius 1 is 0.571 bits per heavy atom. The van der Waals surface area contributed by atoms with Crippen LogP contribution >= 0.6 is 0 Å². The van der Waals surface area contributed by atoms with Crippen molar-refractivity contribution in [1.29, 1.82) is 0 Å². The van der Waals surface area contributed by atoms with E-state index in [2.05, 4.69) is 18.9 Å². The van der Waals surface area contributed by atoms with Crippen molar-refractivity contribution in [2.24, 2.45) is 5.41 Å². The van der Waals surface area contributed by atoms with E-state index in [9.17, 15) is 19.2 Å². The first-order valence-corrected chi connectivity index (χ1v) is 6.62. The van der Waals surface area contributed by atoms with E-state index in [-0.39, 0.29) is 26.4 Å². The zero-order valence-electron chi connectivity index (χ0n) is 12.6. The van der Waals surface area contributed by atoms with Gasteiger partial charge in [0.2, 0.25) is 0 Å². The van der Waals surface area contributed by atoms with Crippen LogP contribution in [0.4, 0.5) is 0 Å². The summed E-state index contributed by atoms with van der Waals surface area (Å²) in [6.45, 7) is 5.29. The quantitative estimate of drug-likeness (QED) is 0.356. The van der Waals surface area contributed by atoms with E-state index >= 15 is 0 Å². The van der Waals surface area contributed by atoms with E-state index in [0.29, 0.717) is 0 Å². The van der Waals surface area contributed by atoms with Gasteiger partial charge in [-0.3, -0.25) is 0 Å². The van der Waals surface area contributed by atoms with Gasteiger partial charge in [0.15, 0.2) is 0 Å². The van der Waals surface area contributed by atoms with Gasteiger partial charge in [0.05, 0.1) is 26.4 Å². The molecular weight excluding hydrogens is 284 g/mol. The third-order valence-corrected chi connectivity index (χ3v) is 2.33. The average molecular weight is 304 g/mol. The van der Waals surface area contributed by atoms with Crippen LogP contribution in [0.3, 0.4) is 0 Å². The van der Waals surface area contributed by atoms with Crippen molar-refractivity contribution in [2.75, 3.05) is 26.4 Å². The minimum absolute atomic E-state index is 0.140. The second kappa shape index (κ2) is 8.93. The van der Waals surface area contributed by atoms with E-state index in [1.54, 1.807) is 0 Å². The van der Waals surface area contributed by atoms with E-state index in [1.807, 2.05) is 0 Å². The fourth-order valence-electron chi connectivity index (χ4n) is 1.46. The summed E-state index contributed by atoms with van der Waals surface area (Å²) in [4.78, 5) is 48.4. The molecular formula is C13H20O8. The van der Waals surface area contributed by atoms with Crippen LogP contribution in [0.15, 0.2) is 0 Å². The van der Waals surface area contributed by atoms with Gasteiger partial charge in [0, 0.05) is 0 Å². The lowest BCUT2D eigenvalue weighted by molar-refractivity contribution is -0.192. The molecule has 0 aromatic heterocycles. The smallest absolute Gasteiger partial charge is 0.355 e. The molecule has 0 aliphatic carbocycles. The first kappa shape index (κ1) is 18.9. The van der Waals surface area contributed by atoms with Crippen molar-refractivity contribution in [3.05, 3.63) is 0 Å². The molecule has 0 aliphatic heterocycles. The van der Waals surface area contributed by atoms with Crippen LogP contribution in [0, 0.1) is 5.41 Å². The van der Waals surface area contributed by atoms with Gasteiger partial charge in [0.25, 0.3) is 0 Å². The summed E-state index contributed by atoms with van der Waals surface area (Å²) in [7, 11) is 0. The van der Waals surface area contributed by atoms with Crippen molar-refractivity contribution in [3.8, 4) is 0 Å².